The van der Waals surface area contributed by atoms with Crippen molar-refractivity contribution in [3.05, 3.63) is 42.9 Å². The highest BCUT2D eigenvalue weighted by Crippen LogP contribution is 2.27. The van der Waals surface area contributed by atoms with Crippen molar-refractivity contribution in [2.45, 2.75) is 20.0 Å². The van der Waals surface area contributed by atoms with E-state index in [9.17, 15) is 8.78 Å². The number of nitrogens with zero attached hydrogens (tertiary/aromatic N) is 3. The van der Waals surface area contributed by atoms with E-state index in [0.29, 0.717) is 5.52 Å². The first-order valence-corrected chi connectivity index (χ1v) is 6.10. The Bertz CT molecular complexity index is 712. The highest BCUT2D eigenvalue weighted by Gasteiger charge is 2.10. The fraction of sp³-hybridized carbons (Fsp3) is 0.214. The molecular formula is C14H13F2N3. The molecule has 3 nitrogen and oxygen atoms in total. The Morgan fingerprint density at radius 1 is 1.21 bits per heavy atom. The molecule has 98 valence electrons. The molecule has 2 heterocycles. The van der Waals surface area contributed by atoms with Crippen molar-refractivity contribution in [1.29, 1.82) is 0 Å². The van der Waals surface area contributed by atoms with Crippen LogP contribution in [0, 0.1) is 0 Å². The lowest BCUT2D eigenvalue weighted by Gasteiger charge is -2.04. The van der Waals surface area contributed by atoms with Crippen molar-refractivity contribution in [1.82, 2.24) is 14.3 Å². The summed E-state index contributed by atoms with van der Waals surface area (Å²) in [4.78, 5) is 0. The van der Waals surface area contributed by atoms with Gasteiger partial charge in [0, 0.05) is 24.5 Å². The van der Waals surface area contributed by atoms with Gasteiger partial charge in [0.15, 0.2) is 0 Å². The predicted molar refractivity (Wildman–Crippen MR) is 70.1 cm³/mol. The normalized spacial score (nSPS) is 11.6. The topological polar surface area (TPSA) is 22.8 Å². The van der Waals surface area contributed by atoms with E-state index in [2.05, 4.69) is 5.10 Å². The summed E-state index contributed by atoms with van der Waals surface area (Å²) >= 11 is 0. The van der Waals surface area contributed by atoms with Crippen LogP contribution >= 0.6 is 0 Å². The van der Waals surface area contributed by atoms with Gasteiger partial charge in [0.1, 0.15) is 0 Å². The molecule has 19 heavy (non-hydrogen) atoms. The molecule has 0 radical (unpaired) electrons. The first-order valence-electron chi connectivity index (χ1n) is 6.10. The quantitative estimate of drug-likeness (QED) is 0.700. The minimum absolute atomic E-state index is 0.539. The number of hydrogen-bond acceptors (Lipinski definition) is 1. The van der Waals surface area contributed by atoms with Gasteiger partial charge in [-0.05, 0) is 30.0 Å². The van der Waals surface area contributed by atoms with Crippen LogP contribution in [-0.2, 0) is 6.54 Å². The van der Waals surface area contributed by atoms with Crippen molar-refractivity contribution < 1.29 is 8.78 Å². The molecule has 3 rings (SSSR count). The zero-order chi connectivity index (χ0) is 13.4. The van der Waals surface area contributed by atoms with E-state index in [1.807, 2.05) is 29.9 Å². The predicted octanol–water partition coefficient (Wildman–Crippen LogP) is 3.92. The van der Waals surface area contributed by atoms with Gasteiger partial charge < -0.3 is 0 Å². The monoisotopic (exact) mass is 261 g/mol. The maximum atomic E-state index is 12.9. The van der Waals surface area contributed by atoms with Crippen LogP contribution < -0.4 is 0 Å². The van der Waals surface area contributed by atoms with Crippen molar-refractivity contribution in [2.24, 2.45) is 0 Å². The van der Waals surface area contributed by atoms with E-state index in [1.165, 1.54) is 6.20 Å². The molecule has 0 atom stereocenters. The molecule has 0 N–H and O–H groups in total. The molecule has 3 aromatic rings. The summed E-state index contributed by atoms with van der Waals surface area (Å²) in [5.41, 5.74) is 2.37. The minimum atomic E-state index is -2.52. The van der Waals surface area contributed by atoms with Gasteiger partial charge in [-0.15, -0.1) is 0 Å². The van der Waals surface area contributed by atoms with Gasteiger partial charge in [-0.2, -0.15) is 13.9 Å². The molecule has 0 saturated heterocycles. The van der Waals surface area contributed by atoms with Crippen LogP contribution in [0.2, 0.25) is 0 Å². The summed E-state index contributed by atoms with van der Waals surface area (Å²) in [6.07, 6.45) is 5.08. The van der Waals surface area contributed by atoms with Gasteiger partial charge in [-0.1, -0.05) is 12.1 Å². The molecular weight excluding hydrogens is 248 g/mol. The summed E-state index contributed by atoms with van der Waals surface area (Å²) < 4.78 is 28.5. The highest BCUT2D eigenvalue weighted by molar-refractivity contribution is 5.85. The zero-order valence-electron chi connectivity index (χ0n) is 10.4. The Morgan fingerprint density at radius 2 is 2.05 bits per heavy atom. The Morgan fingerprint density at radius 3 is 2.74 bits per heavy atom. The molecule has 0 bridgehead atoms. The molecule has 1 aromatic carbocycles. The summed E-state index contributed by atoms with van der Waals surface area (Å²) in [7, 11) is 0. The van der Waals surface area contributed by atoms with Crippen LogP contribution in [0.1, 0.15) is 13.5 Å². The molecule has 0 aliphatic carbocycles. The Balaban J connectivity index is 2.12. The third kappa shape index (κ3) is 2.01. The summed E-state index contributed by atoms with van der Waals surface area (Å²) in [5.74, 6) is 0. The smallest absolute Gasteiger partial charge is 0.291 e. The van der Waals surface area contributed by atoms with Gasteiger partial charge in [0.2, 0.25) is 0 Å². The molecule has 0 spiro atoms. The van der Waals surface area contributed by atoms with Crippen LogP contribution in [0.5, 0.6) is 0 Å². The van der Waals surface area contributed by atoms with Gasteiger partial charge in [0.05, 0.1) is 11.7 Å². The van der Waals surface area contributed by atoms with Gasteiger partial charge in [0.25, 0.3) is 0 Å². The van der Waals surface area contributed by atoms with Gasteiger partial charge in [-0.25, -0.2) is 0 Å². The summed E-state index contributed by atoms with van der Waals surface area (Å²) in [5, 5.41) is 5.01. The van der Waals surface area contributed by atoms with Crippen molar-refractivity contribution >= 4 is 10.9 Å². The average Bonchev–Trinajstić information content (AvgIpc) is 3.04. The fourth-order valence-electron chi connectivity index (χ4n) is 2.18. The van der Waals surface area contributed by atoms with Crippen LogP contribution in [0.3, 0.4) is 0 Å². The number of fused-ring (bicyclic) bond motifs is 1. The molecule has 0 aliphatic rings. The van der Waals surface area contributed by atoms with Crippen LogP contribution in [-0.4, -0.2) is 14.3 Å². The Labute approximate surface area is 109 Å². The number of alkyl halides is 2. The third-order valence-electron chi connectivity index (χ3n) is 3.22. The third-order valence-corrected chi connectivity index (χ3v) is 3.22. The molecule has 0 amide bonds. The first-order chi connectivity index (χ1) is 9.19. The molecule has 0 fully saturated rings. The lowest BCUT2D eigenvalue weighted by Crippen LogP contribution is -1.95. The first kappa shape index (κ1) is 11.9. The summed E-state index contributed by atoms with van der Waals surface area (Å²) in [6, 6.07) is 7.25. The number of rotatable bonds is 3. The average molecular weight is 261 g/mol. The number of aromatic nitrogens is 3. The second-order valence-electron chi connectivity index (χ2n) is 4.36. The number of aryl methyl sites for hydroxylation is 1. The molecule has 0 unspecified atom stereocenters. The number of hydrogen-bond donors (Lipinski definition) is 0. The van der Waals surface area contributed by atoms with Crippen molar-refractivity contribution in [3.63, 3.8) is 0 Å². The van der Waals surface area contributed by atoms with E-state index in [4.69, 9.17) is 0 Å². The molecule has 0 saturated carbocycles. The maximum Gasteiger partial charge on any atom is 0.319 e. The van der Waals surface area contributed by atoms with E-state index < -0.39 is 6.55 Å². The minimum Gasteiger partial charge on any atom is -0.291 e. The number of halogens is 2. The largest absolute Gasteiger partial charge is 0.319 e. The summed E-state index contributed by atoms with van der Waals surface area (Å²) in [6.45, 7) is 0.267. The molecule has 0 aliphatic heterocycles. The van der Waals surface area contributed by atoms with Crippen LogP contribution in [0.25, 0.3) is 22.0 Å². The Kier molecular flexibility index (Phi) is 2.81. The van der Waals surface area contributed by atoms with Crippen molar-refractivity contribution in [2.75, 3.05) is 0 Å². The molecule has 5 heteroatoms. The lowest BCUT2D eigenvalue weighted by atomic mass is 10.1. The van der Waals surface area contributed by atoms with Crippen LogP contribution in [0.4, 0.5) is 8.78 Å². The van der Waals surface area contributed by atoms with Gasteiger partial charge >= 0.3 is 6.55 Å². The fourth-order valence-corrected chi connectivity index (χ4v) is 2.18. The standard InChI is InChI=1S/C14H13F2N3/c1-2-18-9-12(8-17-18)11-4-3-10-5-6-19(14(15)16)13(10)7-11/h3-9,14H,2H2,1H3. The van der Waals surface area contributed by atoms with Crippen LogP contribution in [0.15, 0.2) is 42.9 Å². The maximum absolute atomic E-state index is 12.9. The second kappa shape index (κ2) is 4.50. The van der Waals surface area contributed by atoms with E-state index in [0.717, 1.165) is 27.6 Å². The highest BCUT2D eigenvalue weighted by atomic mass is 19.3. The van der Waals surface area contributed by atoms with Crippen molar-refractivity contribution in [3.8, 4) is 11.1 Å². The van der Waals surface area contributed by atoms with Gasteiger partial charge in [-0.3, -0.25) is 9.25 Å². The second-order valence-corrected chi connectivity index (χ2v) is 4.36. The zero-order valence-corrected chi connectivity index (χ0v) is 10.4. The number of benzene rings is 1. The van der Waals surface area contributed by atoms with E-state index >= 15 is 0 Å². The Hall–Kier alpha value is -2.17. The lowest BCUT2D eigenvalue weighted by molar-refractivity contribution is 0.0752. The molecule has 2 aromatic heterocycles. The SMILES string of the molecule is CCn1cc(-c2ccc3ccn(C(F)F)c3c2)cn1. The van der Waals surface area contributed by atoms with E-state index in [-0.39, 0.29) is 0 Å². The van der Waals surface area contributed by atoms with E-state index in [1.54, 1.807) is 18.3 Å².